The molecule has 0 spiro atoms. The summed E-state index contributed by atoms with van der Waals surface area (Å²) >= 11 is 0. The number of carboxylic acids is 1. The average molecular weight is 1090 g/mol. The molecular weight excluding hydrogens is 973 g/mol. The second-order valence-corrected chi connectivity index (χ2v) is 21.3. The molecular formula is C65H112O12. The number of aliphatic hydroxyl groups excluding tert-OH is 2. The monoisotopic (exact) mass is 1080 g/mol. The summed E-state index contributed by atoms with van der Waals surface area (Å²) in [5, 5.41) is 31.5. The van der Waals surface area contributed by atoms with E-state index in [9.17, 15) is 34.5 Å². The highest BCUT2D eigenvalue weighted by Gasteiger charge is 2.50. The molecule has 0 aromatic carbocycles. The van der Waals surface area contributed by atoms with Crippen molar-refractivity contribution in [1.29, 1.82) is 0 Å². The van der Waals surface area contributed by atoms with Crippen molar-refractivity contribution >= 4 is 23.9 Å². The first-order valence-corrected chi connectivity index (χ1v) is 31.3. The molecule has 1 fully saturated rings. The number of hydrogen-bond acceptors (Lipinski definition) is 11. The molecule has 444 valence electrons. The fourth-order valence-corrected chi connectivity index (χ4v) is 9.30. The van der Waals surface area contributed by atoms with Gasteiger partial charge in [0.25, 0.3) is 0 Å². The third-order valence-corrected chi connectivity index (χ3v) is 14.1. The van der Waals surface area contributed by atoms with Crippen LogP contribution in [0.4, 0.5) is 0 Å². The van der Waals surface area contributed by atoms with Gasteiger partial charge in [-0.05, 0) is 83.5 Å². The lowest BCUT2D eigenvalue weighted by Crippen LogP contribution is -2.61. The zero-order valence-electron chi connectivity index (χ0n) is 49.0. The van der Waals surface area contributed by atoms with E-state index in [0.717, 1.165) is 103 Å². The van der Waals surface area contributed by atoms with Crippen LogP contribution in [0.5, 0.6) is 0 Å². The molecule has 0 amide bonds. The Morgan fingerprint density at radius 3 is 1.26 bits per heavy atom. The van der Waals surface area contributed by atoms with Crippen LogP contribution < -0.4 is 0 Å². The molecule has 0 aromatic rings. The zero-order chi connectivity index (χ0) is 56.1. The first-order valence-electron chi connectivity index (χ1n) is 31.3. The number of ether oxygens (including phenoxy) is 5. The summed E-state index contributed by atoms with van der Waals surface area (Å²) < 4.78 is 28.4. The minimum Gasteiger partial charge on any atom is -0.479 e. The molecule has 0 aromatic heterocycles. The van der Waals surface area contributed by atoms with Crippen LogP contribution >= 0.6 is 0 Å². The standard InChI is InChI=1S/C65H112O12/c1-4-7-10-13-16-19-21-23-25-27-29-31-33-35-37-40-42-45-48-51-57(66)73-54-56(75-58(67)52-49-46-43-39-18-15-12-9-6-3)55-74-65-63(61(70)60(69)62(77-65)64(71)72)76-59(68)53-50-47-44-41-38-36-34-32-30-28-26-24-22-20-17-14-11-8-5-2/h8,11,17,20,23-26,30,32,56,60-63,65,69-70H,4-7,9-10,12-16,18-19,21-22,27-29,31,33-55H2,1-3H3,(H,71,72)/b11-8-,20-17-,25-23-,26-24-,32-30-. The van der Waals surface area contributed by atoms with E-state index in [1.54, 1.807) is 0 Å². The summed E-state index contributed by atoms with van der Waals surface area (Å²) in [5.41, 5.74) is 0. The number of esters is 3. The molecule has 12 heteroatoms. The molecule has 0 aliphatic carbocycles. The van der Waals surface area contributed by atoms with Gasteiger partial charge in [0.1, 0.15) is 18.8 Å². The predicted molar refractivity (Wildman–Crippen MR) is 312 cm³/mol. The summed E-state index contributed by atoms with van der Waals surface area (Å²) in [4.78, 5) is 51.1. The molecule has 0 bridgehead atoms. The van der Waals surface area contributed by atoms with Crippen molar-refractivity contribution in [3.8, 4) is 0 Å². The summed E-state index contributed by atoms with van der Waals surface area (Å²) in [6.07, 6.45) is 53.4. The van der Waals surface area contributed by atoms with Gasteiger partial charge in [-0.3, -0.25) is 14.4 Å². The van der Waals surface area contributed by atoms with Gasteiger partial charge in [0.2, 0.25) is 0 Å². The van der Waals surface area contributed by atoms with Crippen molar-refractivity contribution in [3.63, 3.8) is 0 Å². The predicted octanol–water partition coefficient (Wildman–Crippen LogP) is 16.3. The van der Waals surface area contributed by atoms with Crippen molar-refractivity contribution in [2.75, 3.05) is 13.2 Å². The lowest BCUT2D eigenvalue weighted by molar-refractivity contribution is -0.301. The summed E-state index contributed by atoms with van der Waals surface area (Å²) in [5.74, 6) is -3.13. The molecule has 0 radical (unpaired) electrons. The molecule has 6 unspecified atom stereocenters. The van der Waals surface area contributed by atoms with Gasteiger partial charge in [-0.2, -0.15) is 0 Å². The maximum absolute atomic E-state index is 13.1. The topological polar surface area (TPSA) is 175 Å². The van der Waals surface area contributed by atoms with Crippen LogP contribution in [0.2, 0.25) is 0 Å². The third-order valence-electron chi connectivity index (χ3n) is 14.1. The Kier molecular flexibility index (Phi) is 49.2. The largest absolute Gasteiger partial charge is 0.479 e. The van der Waals surface area contributed by atoms with Gasteiger partial charge < -0.3 is 39.0 Å². The molecule has 1 rings (SSSR count). The van der Waals surface area contributed by atoms with Crippen molar-refractivity contribution in [2.24, 2.45) is 0 Å². The fraction of sp³-hybridized carbons (Fsp3) is 0.785. The van der Waals surface area contributed by atoms with E-state index in [0.29, 0.717) is 19.3 Å². The molecule has 1 aliphatic heterocycles. The number of carbonyl (C=O) groups is 4. The number of aliphatic hydroxyl groups is 2. The van der Waals surface area contributed by atoms with Crippen molar-refractivity contribution in [1.82, 2.24) is 0 Å². The highest BCUT2D eigenvalue weighted by Crippen LogP contribution is 2.26. The number of hydrogen-bond donors (Lipinski definition) is 3. The number of allylic oxidation sites excluding steroid dienone is 10. The Labute approximate surface area is 468 Å². The van der Waals surface area contributed by atoms with Crippen molar-refractivity contribution in [3.05, 3.63) is 60.8 Å². The van der Waals surface area contributed by atoms with E-state index in [1.807, 2.05) is 0 Å². The van der Waals surface area contributed by atoms with E-state index in [2.05, 4.69) is 81.5 Å². The van der Waals surface area contributed by atoms with E-state index in [4.69, 9.17) is 23.7 Å². The van der Waals surface area contributed by atoms with E-state index in [-0.39, 0.29) is 25.9 Å². The Balaban J connectivity index is 2.60. The highest BCUT2D eigenvalue weighted by atomic mass is 16.7. The van der Waals surface area contributed by atoms with Crippen LogP contribution in [-0.4, -0.2) is 89.2 Å². The molecule has 12 nitrogen and oxygen atoms in total. The molecule has 3 N–H and O–H groups in total. The normalized spacial score (nSPS) is 18.4. The second-order valence-electron chi connectivity index (χ2n) is 21.3. The van der Waals surface area contributed by atoms with Crippen molar-refractivity contribution in [2.45, 2.75) is 314 Å². The third kappa shape index (κ3) is 43.0. The fourth-order valence-electron chi connectivity index (χ4n) is 9.30. The van der Waals surface area contributed by atoms with Crippen LogP contribution in [0.1, 0.15) is 278 Å². The van der Waals surface area contributed by atoms with Gasteiger partial charge >= 0.3 is 23.9 Å². The van der Waals surface area contributed by atoms with E-state index in [1.165, 1.54) is 116 Å². The molecule has 1 aliphatic rings. The van der Waals surface area contributed by atoms with E-state index < -0.39 is 67.3 Å². The second kappa shape index (κ2) is 53.1. The maximum atomic E-state index is 13.1. The Morgan fingerprint density at radius 1 is 0.442 bits per heavy atom. The van der Waals surface area contributed by atoms with Gasteiger partial charge in [0, 0.05) is 19.3 Å². The SMILES string of the molecule is CC/C=C\C/C=C\C/C=C\C/C=C\CCCCCCCCC(=O)OC1C(OCC(COC(=O)CCCCCCCCCCC/C=C\CCCCCCCC)OC(=O)CCCCCCCCCCC)OC(C(=O)O)C(O)C1O. The quantitative estimate of drug-likeness (QED) is 0.0228. The van der Waals surface area contributed by atoms with Crippen LogP contribution in [0.3, 0.4) is 0 Å². The number of unbranched alkanes of at least 4 members (excludes halogenated alkanes) is 29. The molecule has 0 saturated carbocycles. The number of rotatable bonds is 53. The minimum atomic E-state index is -1.91. The van der Waals surface area contributed by atoms with Crippen LogP contribution in [0.15, 0.2) is 60.8 Å². The first-order chi connectivity index (χ1) is 37.6. The molecule has 6 atom stereocenters. The van der Waals surface area contributed by atoms with Crippen LogP contribution in [-0.2, 0) is 42.9 Å². The van der Waals surface area contributed by atoms with Gasteiger partial charge in [-0.1, -0.05) is 236 Å². The number of carbonyl (C=O) groups excluding carboxylic acids is 3. The van der Waals surface area contributed by atoms with Gasteiger partial charge in [0.15, 0.2) is 24.6 Å². The van der Waals surface area contributed by atoms with Crippen LogP contribution in [0.25, 0.3) is 0 Å². The summed E-state index contributed by atoms with van der Waals surface area (Å²) in [6.45, 7) is 5.87. The van der Waals surface area contributed by atoms with E-state index >= 15 is 0 Å². The number of aliphatic carboxylic acids is 1. The minimum absolute atomic E-state index is 0.0447. The number of carboxylic acid groups (broad SMARTS) is 1. The Hall–Kier alpha value is -3.58. The van der Waals surface area contributed by atoms with Gasteiger partial charge in [-0.25, -0.2) is 4.79 Å². The summed E-state index contributed by atoms with van der Waals surface area (Å²) in [7, 11) is 0. The first kappa shape index (κ1) is 71.4. The summed E-state index contributed by atoms with van der Waals surface area (Å²) in [6, 6.07) is 0. The maximum Gasteiger partial charge on any atom is 0.335 e. The molecule has 77 heavy (non-hydrogen) atoms. The molecule has 1 saturated heterocycles. The average Bonchev–Trinajstić information content (AvgIpc) is 3.42. The van der Waals surface area contributed by atoms with Crippen molar-refractivity contribution < 1.29 is 58.2 Å². The van der Waals surface area contributed by atoms with Gasteiger partial charge in [0.05, 0.1) is 6.61 Å². The lowest BCUT2D eigenvalue weighted by atomic mass is 9.98. The highest BCUT2D eigenvalue weighted by molar-refractivity contribution is 5.74. The van der Waals surface area contributed by atoms with Gasteiger partial charge in [-0.15, -0.1) is 0 Å². The smallest absolute Gasteiger partial charge is 0.335 e. The Bertz CT molecular complexity index is 1570. The lowest BCUT2D eigenvalue weighted by Gasteiger charge is -2.40. The van der Waals surface area contributed by atoms with Crippen LogP contribution in [0, 0.1) is 0 Å². The zero-order valence-corrected chi connectivity index (χ0v) is 49.0. The molecule has 1 heterocycles. The Morgan fingerprint density at radius 2 is 0.818 bits per heavy atom.